The van der Waals surface area contributed by atoms with Gasteiger partial charge in [0.25, 0.3) is 5.91 Å². The van der Waals surface area contributed by atoms with Gasteiger partial charge in [-0.3, -0.25) is 4.79 Å². The number of anilines is 1. The minimum Gasteiger partial charge on any atom is -0.489 e. The molecule has 1 amide bonds. The second-order valence-corrected chi connectivity index (χ2v) is 6.42. The van der Waals surface area contributed by atoms with Crippen LogP contribution in [0.2, 0.25) is 0 Å². The number of amides is 1. The average molecular weight is 342 g/mol. The van der Waals surface area contributed by atoms with Crippen molar-refractivity contribution >= 4 is 11.6 Å². The summed E-state index contributed by atoms with van der Waals surface area (Å²) in [6.07, 6.45) is 0.113. The van der Waals surface area contributed by atoms with Crippen LogP contribution in [0.25, 0.3) is 0 Å². The van der Waals surface area contributed by atoms with E-state index in [0.717, 1.165) is 24.5 Å². The Morgan fingerprint density at radius 3 is 2.28 bits per heavy atom. The number of ether oxygens (including phenoxy) is 1. The Kier molecular flexibility index (Phi) is 5.22. The first-order chi connectivity index (χ1) is 12.0. The minimum atomic E-state index is -0.330. The van der Waals surface area contributed by atoms with Gasteiger partial charge in [-0.25, -0.2) is 4.39 Å². The number of piperazine rings is 1. The van der Waals surface area contributed by atoms with Crippen molar-refractivity contribution in [1.29, 1.82) is 0 Å². The Hall–Kier alpha value is -2.56. The predicted octanol–water partition coefficient (Wildman–Crippen LogP) is 3.58. The first-order valence-electron chi connectivity index (χ1n) is 8.60. The molecule has 2 aromatic rings. The van der Waals surface area contributed by atoms with Crippen molar-refractivity contribution in [1.82, 2.24) is 4.90 Å². The number of carbonyl (C=O) groups is 1. The summed E-state index contributed by atoms with van der Waals surface area (Å²) in [5.41, 5.74) is 1.59. The molecule has 0 radical (unpaired) electrons. The van der Waals surface area contributed by atoms with Crippen LogP contribution in [-0.2, 0) is 0 Å². The van der Waals surface area contributed by atoms with Crippen molar-refractivity contribution in [2.45, 2.75) is 20.0 Å². The minimum absolute atomic E-state index is 0.0497. The molecule has 0 bridgehead atoms. The van der Waals surface area contributed by atoms with E-state index < -0.39 is 0 Å². The maximum absolute atomic E-state index is 13.0. The molecule has 25 heavy (non-hydrogen) atoms. The van der Waals surface area contributed by atoms with E-state index in [0.29, 0.717) is 18.7 Å². The summed E-state index contributed by atoms with van der Waals surface area (Å²) in [4.78, 5) is 16.6. The van der Waals surface area contributed by atoms with Crippen molar-refractivity contribution in [3.8, 4) is 5.75 Å². The molecule has 4 nitrogen and oxygen atoms in total. The zero-order valence-electron chi connectivity index (χ0n) is 14.6. The maximum Gasteiger partial charge on any atom is 0.253 e. The molecule has 1 fully saturated rings. The molecule has 0 N–H and O–H groups in total. The van der Waals surface area contributed by atoms with Crippen LogP contribution in [-0.4, -0.2) is 43.1 Å². The Morgan fingerprint density at radius 1 is 1.00 bits per heavy atom. The molecule has 0 saturated carbocycles. The van der Waals surface area contributed by atoms with Gasteiger partial charge in [0.05, 0.1) is 11.8 Å². The van der Waals surface area contributed by atoms with Crippen LogP contribution in [0.3, 0.4) is 0 Å². The van der Waals surface area contributed by atoms with E-state index in [1.807, 2.05) is 36.9 Å². The van der Waals surface area contributed by atoms with Gasteiger partial charge in [0.15, 0.2) is 0 Å². The monoisotopic (exact) mass is 342 g/mol. The predicted molar refractivity (Wildman–Crippen MR) is 96.7 cm³/mol. The largest absolute Gasteiger partial charge is 0.489 e. The van der Waals surface area contributed by atoms with Crippen molar-refractivity contribution in [3.63, 3.8) is 0 Å². The highest BCUT2D eigenvalue weighted by Gasteiger charge is 2.23. The Bertz CT molecular complexity index is 723. The standard InChI is InChI=1S/C20H23FN2O2/c1-15(2)25-19-6-4-3-5-18(19)22-11-13-23(14-12-22)20(24)16-7-9-17(21)10-8-16/h3-10,15H,11-14H2,1-2H3. The molecule has 132 valence electrons. The molecule has 3 rings (SSSR count). The van der Waals surface area contributed by atoms with Crippen LogP contribution in [0, 0.1) is 5.82 Å². The van der Waals surface area contributed by atoms with Crippen LogP contribution in [0.15, 0.2) is 48.5 Å². The molecule has 5 heteroatoms. The molecule has 1 heterocycles. The molecular weight excluding hydrogens is 319 g/mol. The van der Waals surface area contributed by atoms with Gasteiger partial charge in [-0.05, 0) is 50.2 Å². The number of halogens is 1. The smallest absolute Gasteiger partial charge is 0.253 e. The van der Waals surface area contributed by atoms with Crippen LogP contribution in [0.1, 0.15) is 24.2 Å². The first kappa shape index (κ1) is 17.3. The zero-order chi connectivity index (χ0) is 17.8. The summed E-state index contributed by atoms with van der Waals surface area (Å²) in [5.74, 6) is 0.491. The molecule has 1 saturated heterocycles. The highest BCUT2D eigenvalue weighted by atomic mass is 19.1. The summed E-state index contributed by atoms with van der Waals surface area (Å²) in [5, 5.41) is 0. The quantitative estimate of drug-likeness (QED) is 0.851. The molecule has 2 aromatic carbocycles. The Balaban J connectivity index is 1.66. The number of rotatable bonds is 4. The zero-order valence-corrected chi connectivity index (χ0v) is 14.6. The molecule has 0 atom stereocenters. The van der Waals surface area contributed by atoms with Gasteiger partial charge in [-0.2, -0.15) is 0 Å². The van der Waals surface area contributed by atoms with Gasteiger partial charge in [0.1, 0.15) is 11.6 Å². The van der Waals surface area contributed by atoms with E-state index in [4.69, 9.17) is 4.74 Å². The maximum atomic E-state index is 13.0. The number of hydrogen-bond acceptors (Lipinski definition) is 3. The fourth-order valence-electron chi connectivity index (χ4n) is 3.00. The molecule has 0 aliphatic carbocycles. The van der Waals surface area contributed by atoms with E-state index in [9.17, 15) is 9.18 Å². The average Bonchev–Trinajstić information content (AvgIpc) is 2.62. The van der Waals surface area contributed by atoms with Gasteiger partial charge in [0.2, 0.25) is 0 Å². The van der Waals surface area contributed by atoms with E-state index >= 15 is 0 Å². The molecular formula is C20H23FN2O2. The van der Waals surface area contributed by atoms with E-state index in [1.165, 1.54) is 24.3 Å². The summed E-state index contributed by atoms with van der Waals surface area (Å²) in [7, 11) is 0. The van der Waals surface area contributed by atoms with E-state index in [2.05, 4.69) is 11.0 Å². The van der Waals surface area contributed by atoms with Crippen molar-refractivity contribution in [2.24, 2.45) is 0 Å². The van der Waals surface area contributed by atoms with Crippen LogP contribution >= 0.6 is 0 Å². The third kappa shape index (κ3) is 4.10. The molecule has 1 aliphatic rings. The first-order valence-corrected chi connectivity index (χ1v) is 8.60. The number of hydrogen-bond donors (Lipinski definition) is 0. The van der Waals surface area contributed by atoms with Crippen LogP contribution < -0.4 is 9.64 Å². The number of para-hydroxylation sites is 2. The fourth-order valence-corrected chi connectivity index (χ4v) is 3.00. The lowest BCUT2D eigenvalue weighted by Crippen LogP contribution is -2.48. The molecule has 0 unspecified atom stereocenters. The van der Waals surface area contributed by atoms with Gasteiger partial charge < -0.3 is 14.5 Å². The lowest BCUT2D eigenvalue weighted by Gasteiger charge is -2.37. The lowest BCUT2D eigenvalue weighted by atomic mass is 10.1. The van der Waals surface area contributed by atoms with E-state index in [1.54, 1.807) is 0 Å². The Labute approximate surface area is 147 Å². The molecule has 0 spiro atoms. The molecule has 1 aliphatic heterocycles. The summed E-state index contributed by atoms with van der Waals surface area (Å²) < 4.78 is 18.9. The normalized spacial score (nSPS) is 14.7. The summed E-state index contributed by atoms with van der Waals surface area (Å²) >= 11 is 0. The summed E-state index contributed by atoms with van der Waals surface area (Å²) in [6.45, 7) is 6.77. The van der Waals surface area contributed by atoms with Gasteiger partial charge in [-0.15, -0.1) is 0 Å². The van der Waals surface area contributed by atoms with Crippen LogP contribution in [0.4, 0.5) is 10.1 Å². The number of benzene rings is 2. The summed E-state index contributed by atoms with van der Waals surface area (Å²) in [6, 6.07) is 13.7. The van der Waals surface area contributed by atoms with Gasteiger partial charge in [-0.1, -0.05) is 12.1 Å². The van der Waals surface area contributed by atoms with Crippen molar-refractivity contribution < 1.29 is 13.9 Å². The van der Waals surface area contributed by atoms with Crippen LogP contribution in [0.5, 0.6) is 5.75 Å². The molecule has 0 aromatic heterocycles. The number of carbonyl (C=O) groups excluding carboxylic acids is 1. The third-order valence-corrected chi connectivity index (χ3v) is 4.23. The van der Waals surface area contributed by atoms with Gasteiger partial charge in [0, 0.05) is 31.7 Å². The van der Waals surface area contributed by atoms with Crippen molar-refractivity contribution in [2.75, 3.05) is 31.1 Å². The highest BCUT2D eigenvalue weighted by Crippen LogP contribution is 2.29. The topological polar surface area (TPSA) is 32.8 Å². The lowest BCUT2D eigenvalue weighted by molar-refractivity contribution is 0.0746. The fraction of sp³-hybridized carbons (Fsp3) is 0.350. The SMILES string of the molecule is CC(C)Oc1ccccc1N1CCN(C(=O)c2ccc(F)cc2)CC1. The van der Waals surface area contributed by atoms with E-state index in [-0.39, 0.29) is 17.8 Å². The highest BCUT2D eigenvalue weighted by molar-refractivity contribution is 5.94. The number of nitrogens with zero attached hydrogens (tertiary/aromatic N) is 2. The second kappa shape index (κ2) is 7.55. The second-order valence-electron chi connectivity index (χ2n) is 6.42. The Morgan fingerprint density at radius 2 is 1.64 bits per heavy atom. The third-order valence-electron chi connectivity index (χ3n) is 4.23. The van der Waals surface area contributed by atoms with Crippen molar-refractivity contribution in [3.05, 3.63) is 59.9 Å². The van der Waals surface area contributed by atoms with Gasteiger partial charge >= 0.3 is 0 Å².